The van der Waals surface area contributed by atoms with Crippen molar-refractivity contribution in [2.45, 2.75) is 25.8 Å². The molecule has 8 nitrogen and oxygen atoms in total. The standard InChI is InChI=1S/C21H28N6O2/c1-16(18-3-2-6-22-13-18)25-21(28)17-4-7-26(8-5-17)19-14-23-15-24-20(19)27-9-11-29-12-10-27/h2-3,6,13-17H,4-5,7-12H2,1H3,(H,25,28)/t16-/m0/s1. The monoisotopic (exact) mass is 396 g/mol. The van der Waals surface area contributed by atoms with E-state index in [0.717, 1.165) is 69.3 Å². The number of hydrogen-bond acceptors (Lipinski definition) is 7. The summed E-state index contributed by atoms with van der Waals surface area (Å²) < 4.78 is 5.46. The number of carbonyl (C=O) groups excluding carboxylic acids is 1. The van der Waals surface area contributed by atoms with Crippen LogP contribution in [0, 0.1) is 5.92 Å². The first-order valence-electron chi connectivity index (χ1n) is 10.3. The summed E-state index contributed by atoms with van der Waals surface area (Å²) in [5.74, 6) is 1.12. The van der Waals surface area contributed by atoms with Gasteiger partial charge in [0, 0.05) is 44.5 Å². The lowest BCUT2D eigenvalue weighted by Gasteiger charge is -2.36. The van der Waals surface area contributed by atoms with Crippen LogP contribution < -0.4 is 15.1 Å². The Morgan fingerprint density at radius 1 is 1.14 bits per heavy atom. The lowest BCUT2D eigenvalue weighted by atomic mass is 9.95. The molecule has 154 valence electrons. The van der Waals surface area contributed by atoms with E-state index < -0.39 is 0 Å². The average Bonchev–Trinajstić information content (AvgIpc) is 2.80. The third-order valence-corrected chi connectivity index (χ3v) is 5.73. The van der Waals surface area contributed by atoms with E-state index in [9.17, 15) is 4.79 Å². The largest absolute Gasteiger partial charge is 0.378 e. The maximum atomic E-state index is 12.7. The van der Waals surface area contributed by atoms with Gasteiger partial charge < -0.3 is 19.9 Å². The van der Waals surface area contributed by atoms with Gasteiger partial charge in [0.15, 0.2) is 5.82 Å². The van der Waals surface area contributed by atoms with E-state index in [1.54, 1.807) is 18.7 Å². The molecule has 2 fully saturated rings. The molecule has 2 aromatic heterocycles. The van der Waals surface area contributed by atoms with Gasteiger partial charge in [0.25, 0.3) is 0 Å². The summed E-state index contributed by atoms with van der Waals surface area (Å²) in [7, 11) is 0. The van der Waals surface area contributed by atoms with Crippen LogP contribution in [0.15, 0.2) is 37.1 Å². The number of anilines is 2. The van der Waals surface area contributed by atoms with Gasteiger partial charge in [-0.2, -0.15) is 0 Å². The van der Waals surface area contributed by atoms with E-state index in [0.29, 0.717) is 0 Å². The van der Waals surface area contributed by atoms with Crippen molar-refractivity contribution >= 4 is 17.4 Å². The second-order valence-corrected chi connectivity index (χ2v) is 7.61. The van der Waals surface area contributed by atoms with Gasteiger partial charge in [-0.1, -0.05) is 6.07 Å². The Morgan fingerprint density at radius 2 is 1.93 bits per heavy atom. The molecule has 2 saturated heterocycles. The van der Waals surface area contributed by atoms with Crippen LogP contribution in [-0.4, -0.2) is 60.3 Å². The number of nitrogens with one attached hydrogen (secondary N) is 1. The fourth-order valence-corrected chi connectivity index (χ4v) is 3.99. The van der Waals surface area contributed by atoms with Crippen LogP contribution in [0.3, 0.4) is 0 Å². The first-order valence-corrected chi connectivity index (χ1v) is 10.3. The van der Waals surface area contributed by atoms with E-state index in [-0.39, 0.29) is 17.9 Å². The summed E-state index contributed by atoms with van der Waals surface area (Å²) >= 11 is 0. The molecule has 0 aliphatic carbocycles. The molecule has 1 N–H and O–H groups in total. The second kappa shape index (κ2) is 9.17. The van der Waals surface area contributed by atoms with Gasteiger partial charge in [-0.05, 0) is 31.4 Å². The summed E-state index contributed by atoms with van der Waals surface area (Å²) in [6.45, 7) is 6.78. The molecule has 1 amide bonds. The number of rotatable bonds is 5. The molecule has 2 aliphatic rings. The highest BCUT2D eigenvalue weighted by Crippen LogP contribution is 2.30. The van der Waals surface area contributed by atoms with Crippen LogP contribution in [0.1, 0.15) is 31.4 Å². The second-order valence-electron chi connectivity index (χ2n) is 7.61. The van der Waals surface area contributed by atoms with Gasteiger partial charge in [-0.3, -0.25) is 9.78 Å². The highest BCUT2D eigenvalue weighted by molar-refractivity contribution is 5.79. The van der Waals surface area contributed by atoms with Crippen LogP contribution >= 0.6 is 0 Å². The van der Waals surface area contributed by atoms with Crippen LogP contribution in [0.25, 0.3) is 0 Å². The van der Waals surface area contributed by atoms with Crippen molar-refractivity contribution in [2.75, 3.05) is 49.2 Å². The van der Waals surface area contributed by atoms with E-state index in [1.165, 1.54) is 0 Å². The number of piperidine rings is 1. The maximum Gasteiger partial charge on any atom is 0.223 e. The number of morpholine rings is 1. The third-order valence-electron chi connectivity index (χ3n) is 5.73. The van der Waals surface area contributed by atoms with Crippen LogP contribution in [0.4, 0.5) is 11.5 Å². The topological polar surface area (TPSA) is 83.5 Å². The van der Waals surface area contributed by atoms with Gasteiger partial charge in [0.2, 0.25) is 5.91 Å². The zero-order valence-electron chi connectivity index (χ0n) is 16.8. The summed E-state index contributed by atoms with van der Waals surface area (Å²) in [6, 6.07) is 3.85. The molecule has 2 aromatic rings. The molecule has 4 rings (SSSR count). The smallest absolute Gasteiger partial charge is 0.223 e. The normalized spacial score (nSPS) is 19.1. The first-order chi connectivity index (χ1) is 14.2. The average molecular weight is 396 g/mol. The number of carbonyl (C=O) groups is 1. The fourth-order valence-electron chi connectivity index (χ4n) is 3.99. The van der Waals surface area contributed by atoms with Crippen LogP contribution in [0.2, 0.25) is 0 Å². The Balaban J connectivity index is 1.35. The molecule has 0 spiro atoms. The molecule has 4 heterocycles. The van der Waals surface area contributed by atoms with Crippen molar-refractivity contribution in [3.05, 3.63) is 42.6 Å². The van der Waals surface area contributed by atoms with Crippen LogP contribution in [-0.2, 0) is 9.53 Å². The van der Waals surface area contributed by atoms with Gasteiger partial charge in [0.05, 0.1) is 31.1 Å². The predicted molar refractivity (Wildman–Crippen MR) is 111 cm³/mol. The van der Waals surface area contributed by atoms with Gasteiger partial charge in [-0.15, -0.1) is 0 Å². The highest BCUT2D eigenvalue weighted by atomic mass is 16.5. The third kappa shape index (κ3) is 4.64. The van der Waals surface area contributed by atoms with Crippen molar-refractivity contribution in [3.63, 3.8) is 0 Å². The van der Waals surface area contributed by atoms with Gasteiger partial charge in [0.1, 0.15) is 6.33 Å². The Labute approximate surface area is 171 Å². The summed E-state index contributed by atoms with van der Waals surface area (Å²) in [5, 5.41) is 3.14. The zero-order chi connectivity index (χ0) is 20.1. The Morgan fingerprint density at radius 3 is 2.66 bits per heavy atom. The van der Waals surface area contributed by atoms with E-state index in [2.05, 4.69) is 30.1 Å². The lowest BCUT2D eigenvalue weighted by Crippen LogP contribution is -2.43. The molecule has 0 bridgehead atoms. The van der Waals surface area contributed by atoms with Crippen molar-refractivity contribution in [2.24, 2.45) is 5.92 Å². The Kier molecular flexibility index (Phi) is 6.19. The molecule has 0 unspecified atom stereocenters. The number of aromatic nitrogens is 3. The van der Waals surface area contributed by atoms with Gasteiger partial charge in [-0.25, -0.2) is 9.97 Å². The minimum absolute atomic E-state index is 0.0295. The molecule has 0 saturated carbocycles. The van der Waals surface area contributed by atoms with E-state index in [4.69, 9.17) is 4.74 Å². The van der Waals surface area contributed by atoms with E-state index in [1.807, 2.05) is 25.3 Å². The minimum Gasteiger partial charge on any atom is -0.378 e. The molecule has 29 heavy (non-hydrogen) atoms. The Bertz CT molecular complexity index is 804. The summed E-state index contributed by atoms with van der Waals surface area (Å²) in [5.41, 5.74) is 2.08. The number of pyridine rings is 1. The van der Waals surface area contributed by atoms with Crippen molar-refractivity contribution in [1.29, 1.82) is 0 Å². The fraction of sp³-hybridized carbons (Fsp3) is 0.524. The molecular weight excluding hydrogens is 368 g/mol. The van der Waals surface area contributed by atoms with Gasteiger partial charge >= 0.3 is 0 Å². The SMILES string of the molecule is C[C@H](NC(=O)C1CCN(c2cncnc2N2CCOCC2)CC1)c1cccnc1. The Hall–Kier alpha value is -2.74. The molecule has 8 heteroatoms. The molecule has 0 radical (unpaired) electrons. The zero-order valence-corrected chi connectivity index (χ0v) is 16.8. The molecular formula is C21H28N6O2. The molecule has 2 aliphatic heterocycles. The predicted octanol–water partition coefficient (Wildman–Crippen LogP) is 1.80. The minimum atomic E-state index is -0.0373. The number of nitrogens with zero attached hydrogens (tertiary/aromatic N) is 5. The van der Waals surface area contributed by atoms with Crippen molar-refractivity contribution in [3.8, 4) is 0 Å². The summed E-state index contributed by atoms with van der Waals surface area (Å²) in [6.07, 6.45) is 8.69. The van der Waals surface area contributed by atoms with Crippen molar-refractivity contribution in [1.82, 2.24) is 20.3 Å². The first kappa shape index (κ1) is 19.6. The maximum absolute atomic E-state index is 12.7. The van der Waals surface area contributed by atoms with E-state index >= 15 is 0 Å². The van der Waals surface area contributed by atoms with Crippen molar-refractivity contribution < 1.29 is 9.53 Å². The highest BCUT2D eigenvalue weighted by Gasteiger charge is 2.28. The number of hydrogen-bond donors (Lipinski definition) is 1. The lowest BCUT2D eigenvalue weighted by molar-refractivity contribution is -0.126. The quantitative estimate of drug-likeness (QED) is 0.825. The molecule has 0 aromatic carbocycles. The molecule has 1 atom stereocenters. The van der Waals surface area contributed by atoms with Crippen LogP contribution in [0.5, 0.6) is 0 Å². The number of ether oxygens (including phenoxy) is 1. The number of amides is 1. The summed E-state index contributed by atoms with van der Waals surface area (Å²) in [4.78, 5) is 30.2.